The van der Waals surface area contributed by atoms with E-state index in [2.05, 4.69) is 55.4 Å². The molecule has 21 heteroatoms. The third kappa shape index (κ3) is 14.7. The topological polar surface area (TPSA) is 261 Å². The van der Waals surface area contributed by atoms with Crippen LogP contribution in [-0.2, 0) is 24.3 Å². The van der Waals surface area contributed by atoms with Gasteiger partial charge in [-0.25, -0.2) is 31.8 Å². The molecule has 2 saturated heterocycles. The third-order valence-electron chi connectivity index (χ3n) is 11.1. The van der Waals surface area contributed by atoms with Crippen LogP contribution in [0.3, 0.4) is 0 Å². The lowest BCUT2D eigenvalue weighted by molar-refractivity contribution is -0.110. The Kier molecular flexibility index (Phi) is 17.1. The first-order chi connectivity index (χ1) is 33.5. The van der Waals surface area contributed by atoms with Crippen LogP contribution in [0.4, 0.5) is 11.6 Å². The van der Waals surface area contributed by atoms with E-state index in [4.69, 9.17) is 14.3 Å². The molecule has 3 N–H and O–H groups in total. The lowest BCUT2D eigenvalue weighted by atomic mass is 10.1. The van der Waals surface area contributed by atoms with Crippen molar-refractivity contribution in [2.75, 3.05) is 78.7 Å². The van der Waals surface area contributed by atoms with Crippen molar-refractivity contribution in [3.8, 4) is 45.9 Å². The van der Waals surface area contributed by atoms with Gasteiger partial charge in [0.05, 0.1) is 74.4 Å². The summed E-state index contributed by atoms with van der Waals surface area (Å²) in [6.45, 7) is 17.8. The molecule has 6 aromatic rings. The maximum Gasteiger partial charge on any atom is 0.138 e. The second-order valence-corrected chi connectivity index (χ2v) is 24.6. The largest absolute Gasteiger partial charge is 0.489 e. The van der Waals surface area contributed by atoms with E-state index in [1.54, 1.807) is 61.5 Å². The molecule has 0 unspecified atom stereocenters. The Labute approximate surface area is 416 Å². The molecule has 0 amide bonds. The maximum atomic E-state index is 13.0. The fraction of sp³-hybridized carbons (Fsp3) is 0.460. The second-order valence-electron chi connectivity index (χ2n) is 19.6. The Morgan fingerprint density at radius 3 is 1.48 bits per heavy atom. The summed E-state index contributed by atoms with van der Waals surface area (Å²) >= 11 is 0. The summed E-state index contributed by atoms with van der Waals surface area (Å²) in [4.78, 5) is 22.9. The minimum Gasteiger partial charge on any atom is -0.489 e. The summed E-state index contributed by atoms with van der Waals surface area (Å²) < 4.78 is 51.8. The average molecular weight is 1010 g/mol. The quantitative estimate of drug-likeness (QED) is 0.105. The van der Waals surface area contributed by atoms with Gasteiger partial charge in [-0.3, -0.25) is 4.78 Å². The minimum absolute atomic E-state index is 0.107. The van der Waals surface area contributed by atoms with Crippen LogP contribution in [0.25, 0.3) is 33.3 Å². The number of anilines is 2. The van der Waals surface area contributed by atoms with Gasteiger partial charge in [-0.1, -0.05) is 27.7 Å². The molecule has 378 valence electrons. The van der Waals surface area contributed by atoms with E-state index in [9.17, 15) is 33.9 Å². The highest BCUT2D eigenvalue weighted by molar-refractivity contribution is 7.93. The molecular formula is C50H64N12O7S2. The van der Waals surface area contributed by atoms with E-state index in [0.717, 1.165) is 40.2 Å². The van der Waals surface area contributed by atoms with E-state index >= 15 is 0 Å². The molecule has 0 saturated carbocycles. The van der Waals surface area contributed by atoms with Gasteiger partial charge in [0.2, 0.25) is 0 Å². The van der Waals surface area contributed by atoms with Crippen LogP contribution in [0.2, 0.25) is 0 Å². The first-order valence-electron chi connectivity index (χ1n) is 23.3. The fourth-order valence-corrected chi connectivity index (χ4v) is 10.5. The molecule has 0 spiro atoms. The standard InChI is InChI=1S/C25H32N6O3S.C21H24N6O3S.C4H8O/c1-18(2)13-29-35(33)9-7-30(8-10-35)23-6-5-19(14-27-23)22-11-21(34-17-25(3,4)32)16-31-24(22)20(12-26)15-28-31;1-21(2,28)14-30-17-9-18(20-16(10-22)12-25-27(20)13-17)15-3-4-19(24-11-15)26-5-7-31(23,29)8-6-26;1-4(2)3-5/h5-6,11,14-16,18,32H,7-10,13,17H2,1-4H3;3-4,9,11-13,23,28H,5-8,14H2,1-2H3;3-4H,1-2H3. The Morgan fingerprint density at radius 2 is 1.14 bits per heavy atom. The molecule has 0 bridgehead atoms. The first kappa shape index (κ1) is 53.7. The number of carbonyl (C=O) groups is 1. The SMILES string of the molecule is CC(C)(O)COc1cc(-c2ccc(N3CCS(=N)(=O)CC3)nc2)c2c(C#N)cnn2c1.CC(C)C=O.CC(C)CN=S1(=O)CCN(c2ccc(-c3cc(OCC(C)(C)O)cn4ncc(C#N)c34)cn2)CC1. The summed E-state index contributed by atoms with van der Waals surface area (Å²) in [5.41, 5.74) is 3.36. The lowest BCUT2D eigenvalue weighted by Gasteiger charge is -2.30. The normalized spacial score (nSPS) is 15.5. The number of aromatic nitrogens is 6. The highest BCUT2D eigenvalue weighted by Crippen LogP contribution is 2.34. The van der Waals surface area contributed by atoms with Gasteiger partial charge in [-0.05, 0) is 70.0 Å². The van der Waals surface area contributed by atoms with E-state index in [0.29, 0.717) is 95.3 Å². The molecule has 0 radical (unpaired) electrons. The van der Waals surface area contributed by atoms with Gasteiger partial charge in [0.1, 0.15) is 54.8 Å². The summed E-state index contributed by atoms with van der Waals surface area (Å²) in [6.07, 6.45) is 10.8. The van der Waals surface area contributed by atoms with Crippen molar-refractivity contribution in [2.24, 2.45) is 16.2 Å². The fourth-order valence-electron chi connectivity index (χ4n) is 7.26. The Morgan fingerprint density at radius 1 is 0.732 bits per heavy atom. The molecule has 8 rings (SSSR count). The number of pyridine rings is 4. The Bertz CT molecular complexity index is 3110. The molecule has 2 aliphatic rings. The van der Waals surface area contributed by atoms with Gasteiger partial charge >= 0.3 is 0 Å². The van der Waals surface area contributed by atoms with Crippen LogP contribution in [0.15, 0.2) is 77.9 Å². The molecule has 2 aliphatic heterocycles. The number of hydrogen-bond donors (Lipinski definition) is 3. The molecule has 2 fully saturated rings. The summed E-state index contributed by atoms with van der Waals surface area (Å²) in [5.74, 6) is 5.02. The van der Waals surface area contributed by atoms with Crippen LogP contribution in [0, 0.1) is 39.3 Å². The molecule has 8 heterocycles. The lowest BCUT2D eigenvalue weighted by Crippen LogP contribution is -2.40. The zero-order chi connectivity index (χ0) is 51.7. The number of rotatable bonds is 13. The smallest absolute Gasteiger partial charge is 0.138 e. The van der Waals surface area contributed by atoms with E-state index in [1.165, 1.54) is 12.4 Å². The van der Waals surface area contributed by atoms with Crippen LogP contribution < -0.4 is 19.3 Å². The number of nitrogens with one attached hydrogen (secondary N) is 1. The summed E-state index contributed by atoms with van der Waals surface area (Å²) in [7, 11) is -4.60. The molecule has 0 aromatic carbocycles. The number of fused-ring (bicyclic) bond motifs is 2. The van der Waals surface area contributed by atoms with Crippen molar-refractivity contribution in [1.29, 1.82) is 15.3 Å². The molecule has 71 heavy (non-hydrogen) atoms. The van der Waals surface area contributed by atoms with Crippen molar-refractivity contribution < 1.29 is 32.9 Å². The molecule has 0 atom stereocenters. The molecule has 0 aliphatic carbocycles. The third-order valence-corrected chi connectivity index (χ3v) is 15.0. The number of carbonyl (C=O) groups excluding carboxylic acids is 1. The second kappa shape index (κ2) is 22.6. The minimum atomic E-state index is -2.46. The van der Waals surface area contributed by atoms with Crippen LogP contribution in [-0.4, -0.2) is 134 Å². The number of aliphatic hydroxyl groups is 2. The van der Waals surface area contributed by atoms with E-state index in [-0.39, 0.29) is 19.1 Å². The van der Waals surface area contributed by atoms with Crippen molar-refractivity contribution in [2.45, 2.75) is 66.6 Å². The first-order valence-corrected chi connectivity index (χ1v) is 27.1. The van der Waals surface area contributed by atoms with Gasteiger partial charge < -0.3 is 34.3 Å². The zero-order valence-corrected chi connectivity index (χ0v) is 43.2. The number of hydrogen-bond acceptors (Lipinski definition) is 17. The predicted molar refractivity (Wildman–Crippen MR) is 276 cm³/mol. The van der Waals surface area contributed by atoms with Crippen molar-refractivity contribution >= 4 is 48.4 Å². The van der Waals surface area contributed by atoms with Gasteiger partial charge in [-0.2, -0.15) is 20.7 Å². The molecular weight excluding hydrogens is 945 g/mol. The van der Waals surface area contributed by atoms with Crippen molar-refractivity contribution in [3.63, 3.8) is 0 Å². The number of aldehydes is 1. The van der Waals surface area contributed by atoms with Crippen molar-refractivity contribution in [1.82, 2.24) is 29.2 Å². The monoisotopic (exact) mass is 1010 g/mol. The molecule has 6 aromatic heterocycles. The van der Waals surface area contributed by atoms with E-state index < -0.39 is 30.7 Å². The van der Waals surface area contributed by atoms with Gasteiger partial charge in [0.25, 0.3) is 0 Å². The molecule has 19 nitrogen and oxygen atoms in total. The van der Waals surface area contributed by atoms with Crippen LogP contribution >= 0.6 is 0 Å². The Balaban J connectivity index is 0.000000213. The van der Waals surface area contributed by atoms with Gasteiger partial charge in [0.15, 0.2) is 0 Å². The number of nitriles is 2. The highest BCUT2D eigenvalue weighted by atomic mass is 32.2. The zero-order valence-electron chi connectivity index (χ0n) is 41.6. The highest BCUT2D eigenvalue weighted by Gasteiger charge is 2.24. The average Bonchev–Trinajstić information content (AvgIpc) is 3.96. The maximum absolute atomic E-state index is 13.0. The van der Waals surface area contributed by atoms with E-state index in [1.807, 2.05) is 55.1 Å². The number of nitrogens with zero attached hydrogens (tertiary/aromatic N) is 11. The van der Waals surface area contributed by atoms with Crippen LogP contribution in [0.5, 0.6) is 11.5 Å². The van der Waals surface area contributed by atoms with Gasteiger partial charge in [-0.15, -0.1) is 0 Å². The summed E-state index contributed by atoms with van der Waals surface area (Å²) in [5, 5.41) is 47.6. The van der Waals surface area contributed by atoms with Crippen molar-refractivity contribution in [3.05, 3.63) is 84.7 Å². The summed E-state index contributed by atoms with van der Waals surface area (Å²) in [6, 6.07) is 15.7. The number of ether oxygens (including phenoxy) is 2. The van der Waals surface area contributed by atoms with Gasteiger partial charge in [0, 0.05) is 99.5 Å². The Hall–Kier alpha value is -6.65. The predicted octanol–water partition coefficient (Wildman–Crippen LogP) is 6.49. The van der Waals surface area contributed by atoms with Crippen LogP contribution in [0.1, 0.15) is 66.5 Å².